The fraction of sp³-hybridized carbons (Fsp3) is 0.681. The van der Waals surface area contributed by atoms with Crippen LogP contribution in [0.3, 0.4) is 0 Å². The molecular formula is C47H79O12P. The largest absolute Gasteiger partial charge is 0.472 e. The molecule has 1 aliphatic carbocycles. The molecule has 6 atom stereocenters. The van der Waals surface area contributed by atoms with Crippen LogP contribution in [0.2, 0.25) is 0 Å². The second-order valence-electron chi connectivity index (χ2n) is 15.2. The van der Waals surface area contributed by atoms with Crippen molar-refractivity contribution in [3.8, 4) is 0 Å². The average molecular weight is 867 g/mol. The molecule has 0 aromatic heterocycles. The first-order chi connectivity index (χ1) is 29.0. The van der Waals surface area contributed by atoms with Crippen molar-refractivity contribution in [1.82, 2.24) is 0 Å². The van der Waals surface area contributed by atoms with E-state index in [1.165, 1.54) is 25.7 Å². The number of esters is 1. The van der Waals surface area contributed by atoms with Crippen LogP contribution in [-0.4, -0.2) is 98.9 Å². The SMILES string of the molecule is CC/C=C\C/C=C\C/C=C\C/C=C\C/C=C\C/C=C\CCCCC(=O)OC(COCCCCCCCC/C=C\CCCC)COP(=O)(O)OC1C(O)C(O)C(O)C(O)C1O. The number of allylic oxidation sites excluding steroid dienone is 14. The number of phosphoric acid groups is 1. The lowest BCUT2D eigenvalue weighted by molar-refractivity contribution is -0.220. The highest BCUT2D eigenvalue weighted by Gasteiger charge is 2.51. The van der Waals surface area contributed by atoms with Crippen LogP contribution in [-0.2, 0) is 27.9 Å². The highest BCUT2D eigenvalue weighted by molar-refractivity contribution is 7.47. The van der Waals surface area contributed by atoms with Gasteiger partial charge < -0.3 is 39.9 Å². The number of unbranched alkanes of at least 4 members (excludes halogenated alkanes) is 10. The lowest BCUT2D eigenvalue weighted by Gasteiger charge is -2.41. The van der Waals surface area contributed by atoms with Gasteiger partial charge in [0.05, 0.1) is 13.2 Å². The van der Waals surface area contributed by atoms with Gasteiger partial charge in [-0.25, -0.2) is 4.57 Å². The second kappa shape index (κ2) is 37.1. The molecule has 0 aromatic carbocycles. The Bertz CT molecular complexity index is 1310. The van der Waals surface area contributed by atoms with Crippen LogP contribution in [0.25, 0.3) is 0 Å². The van der Waals surface area contributed by atoms with Crippen LogP contribution >= 0.6 is 7.82 Å². The van der Waals surface area contributed by atoms with Crippen molar-refractivity contribution in [3.05, 3.63) is 85.1 Å². The van der Waals surface area contributed by atoms with Gasteiger partial charge in [0.15, 0.2) is 0 Å². The summed E-state index contributed by atoms with van der Waals surface area (Å²) >= 11 is 0. The third-order valence-electron chi connectivity index (χ3n) is 9.75. The summed E-state index contributed by atoms with van der Waals surface area (Å²) in [6.07, 6.45) is 36.6. The van der Waals surface area contributed by atoms with Crippen molar-refractivity contribution in [2.75, 3.05) is 19.8 Å². The van der Waals surface area contributed by atoms with Crippen molar-refractivity contribution in [2.45, 2.75) is 185 Å². The molecule has 13 heteroatoms. The van der Waals surface area contributed by atoms with Crippen LogP contribution < -0.4 is 0 Å². The topological polar surface area (TPSA) is 192 Å². The molecule has 0 bridgehead atoms. The Hall–Kier alpha value is -2.48. The molecule has 6 N–H and O–H groups in total. The predicted octanol–water partition coefficient (Wildman–Crippen LogP) is 8.97. The number of hydrogen-bond acceptors (Lipinski definition) is 11. The minimum absolute atomic E-state index is 0.104. The molecule has 344 valence electrons. The van der Waals surface area contributed by atoms with Crippen molar-refractivity contribution in [2.24, 2.45) is 0 Å². The van der Waals surface area contributed by atoms with E-state index < -0.39 is 63.1 Å². The molecule has 0 saturated heterocycles. The molecule has 1 aliphatic rings. The molecule has 6 unspecified atom stereocenters. The van der Waals surface area contributed by atoms with E-state index in [4.69, 9.17) is 18.5 Å². The first kappa shape index (κ1) is 55.5. The van der Waals surface area contributed by atoms with Crippen LogP contribution in [0.15, 0.2) is 85.1 Å². The van der Waals surface area contributed by atoms with Crippen LogP contribution in [0.4, 0.5) is 0 Å². The number of hydrogen-bond donors (Lipinski definition) is 6. The maximum atomic E-state index is 12.8. The van der Waals surface area contributed by atoms with Gasteiger partial charge in [0.1, 0.15) is 42.7 Å². The molecule has 0 amide bonds. The lowest BCUT2D eigenvalue weighted by atomic mass is 9.85. The van der Waals surface area contributed by atoms with E-state index in [2.05, 4.69) is 98.9 Å². The predicted molar refractivity (Wildman–Crippen MR) is 239 cm³/mol. The van der Waals surface area contributed by atoms with Crippen molar-refractivity contribution in [3.63, 3.8) is 0 Å². The number of rotatable bonds is 36. The Kier molecular flexibility index (Phi) is 34.3. The molecule has 1 fully saturated rings. The van der Waals surface area contributed by atoms with E-state index in [1.54, 1.807) is 0 Å². The number of ether oxygens (including phenoxy) is 2. The van der Waals surface area contributed by atoms with Gasteiger partial charge >= 0.3 is 13.8 Å². The van der Waals surface area contributed by atoms with Gasteiger partial charge in [0, 0.05) is 13.0 Å². The number of phosphoric ester groups is 1. The molecule has 60 heavy (non-hydrogen) atoms. The minimum atomic E-state index is -5.03. The van der Waals surface area contributed by atoms with E-state index in [0.717, 1.165) is 89.9 Å². The third kappa shape index (κ3) is 28.9. The summed E-state index contributed by atoms with van der Waals surface area (Å²) in [7, 11) is -5.03. The van der Waals surface area contributed by atoms with Crippen LogP contribution in [0.1, 0.15) is 142 Å². The van der Waals surface area contributed by atoms with E-state index in [-0.39, 0.29) is 13.0 Å². The van der Waals surface area contributed by atoms with Gasteiger partial charge in [-0.05, 0) is 83.5 Å². The molecule has 0 radical (unpaired) electrons. The normalized spacial score (nSPS) is 23.1. The quantitative estimate of drug-likeness (QED) is 0.0152. The van der Waals surface area contributed by atoms with Crippen LogP contribution in [0, 0.1) is 0 Å². The fourth-order valence-electron chi connectivity index (χ4n) is 6.16. The summed E-state index contributed by atoms with van der Waals surface area (Å²) < 4.78 is 34.1. The summed E-state index contributed by atoms with van der Waals surface area (Å²) in [5.74, 6) is -0.526. The van der Waals surface area contributed by atoms with E-state index in [1.807, 2.05) is 0 Å². The van der Waals surface area contributed by atoms with Gasteiger partial charge in [-0.3, -0.25) is 13.8 Å². The second-order valence-corrected chi connectivity index (χ2v) is 16.6. The first-order valence-electron chi connectivity index (χ1n) is 22.4. The van der Waals surface area contributed by atoms with E-state index in [9.17, 15) is 39.8 Å². The van der Waals surface area contributed by atoms with E-state index in [0.29, 0.717) is 13.0 Å². The van der Waals surface area contributed by atoms with Gasteiger partial charge in [-0.1, -0.05) is 137 Å². The fourth-order valence-corrected chi connectivity index (χ4v) is 7.13. The Labute approximate surface area is 361 Å². The van der Waals surface area contributed by atoms with Gasteiger partial charge in [0.25, 0.3) is 0 Å². The maximum absolute atomic E-state index is 12.8. The highest BCUT2D eigenvalue weighted by Crippen LogP contribution is 2.47. The minimum Gasteiger partial charge on any atom is -0.457 e. The molecule has 0 spiro atoms. The lowest BCUT2D eigenvalue weighted by Crippen LogP contribution is -2.64. The summed E-state index contributed by atoms with van der Waals surface area (Å²) in [4.78, 5) is 23.1. The zero-order valence-electron chi connectivity index (χ0n) is 36.5. The zero-order valence-corrected chi connectivity index (χ0v) is 37.4. The molecule has 1 rings (SSSR count). The molecule has 0 heterocycles. The van der Waals surface area contributed by atoms with Gasteiger partial charge in [-0.2, -0.15) is 0 Å². The molecule has 0 aliphatic heterocycles. The number of carbonyl (C=O) groups excluding carboxylic acids is 1. The maximum Gasteiger partial charge on any atom is 0.472 e. The smallest absolute Gasteiger partial charge is 0.457 e. The zero-order chi connectivity index (χ0) is 44.1. The molecular weight excluding hydrogens is 787 g/mol. The Morgan fingerprint density at radius 2 is 0.983 bits per heavy atom. The highest BCUT2D eigenvalue weighted by atomic mass is 31.2. The van der Waals surface area contributed by atoms with Crippen molar-refractivity contribution in [1.29, 1.82) is 0 Å². The Morgan fingerprint density at radius 1 is 0.550 bits per heavy atom. The van der Waals surface area contributed by atoms with Crippen molar-refractivity contribution >= 4 is 13.8 Å². The Morgan fingerprint density at radius 3 is 1.52 bits per heavy atom. The summed E-state index contributed by atoms with van der Waals surface area (Å²) in [5.41, 5.74) is 0. The third-order valence-corrected chi connectivity index (χ3v) is 10.7. The number of aliphatic hydroxyl groups excluding tert-OH is 5. The summed E-state index contributed by atoms with van der Waals surface area (Å²) in [5, 5.41) is 50.1. The van der Waals surface area contributed by atoms with Crippen LogP contribution in [0.5, 0.6) is 0 Å². The van der Waals surface area contributed by atoms with Gasteiger partial charge in [-0.15, -0.1) is 0 Å². The Balaban J connectivity index is 2.45. The molecule has 12 nitrogen and oxygen atoms in total. The first-order valence-corrected chi connectivity index (χ1v) is 23.9. The summed E-state index contributed by atoms with van der Waals surface area (Å²) in [6, 6.07) is 0. The number of carbonyl (C=O) groups is 1. The summed E-state index contributed by atoms with van der Waals surface area (Å²) in [6.45, 7) is 4.02. The standard InChI is InChI=1S/C47H79O12P/c1-3-5-7-9-11-13-15-17-18-19-20-21-22-23-24-25-26-28-30-32-34-36-41(48)58-40(38-56-37-35-33-31-29-27-16-14-12-10-8-6-4-2)39-57-60(54,55)59-47-45(52)43(50)42(49)44(51)46(47)53/h5,7,10-13,17-18,20-21,23-24,26,28,40,42-47,49-53H,3-4,6,8-9,14-16,19,22,25,27,29-39H2,1-2H3,(H,54,55)/b7-5-,12-10-,13-11-,18-17-,21-20-,24-23-,28-26-. The average Bonchev–Trinajstić information content (AvgIpc) is 3.23. The van der Waals surface area contributed by atoms with E-state index >= 15 is 0 Å². The monoisotopic (exact) mass is 867 g/mol. The number of aliphatic hydroxyl groups is 5. The van der Waals surface area contributed by atoms with Crippen molar-refractivity contribution < 1.29 is 58.3 Å². The van der Waals surface area contributed by atoms with Gasteiger partial charge in [0.2, 0.25) is 0 Å². The molecule has 1 saturated carbocycles. The molecule has 0 aromatic rings.